The molecule has 0 N–H and O–H groups in total. The predicted octanol–water partition coefficient (Wildman–Crippen LogP) is 6.12. The second-order valence-corrected chi connectivity index (χ2v) is 9.66. The van der Waals surface area contributed by atoms with Crippen molar-refractivity contribution in [3.8, 4) is 0 Å². The Morgan fingerprint density at radius 1 is 0.833 bits per heavy atom. The highest BCUT2D eigenvalue weighted by molar-refractivity contribution is 9.09. The zero-order valence-corrected chi connectivity index (χ0v) is 22.1. The van der Waals surface area contributed by atoms with Crippen molar-refractivity contribution >= 4 is 27.9 Å². The molecule has 0 bridgehead atoms. The van der Waals surface area contributed by atoms with Crippen molar-refractivity contribution in [2.75, 3.05) is 40.6 Å². The number of methoxy groups -OCH3 is 2. The van der Waals surface area contributed by atoms with Gasteiger partial charge in [-0.3, -0.25) is 9.59 Å². The lowest BCUT2D eigenvalue weighted by molar-refractivity contribution is -0.140. The minimum atomic E-state index is -0.387. The Labute approximate surface area is 223 Å². The fraction of sp³-hybridized carbons (Fsp3) is 0.517. The van der Waals surface area contributed by atoms with E-state index in [-0.39, 0.29) is 24.2 Å². The number of benzene rings is 2. The fourth-order valence-corrected chi connectivity index (χ4v) is 5.29. The molecule has 2 saturated heterocycles. The second kappa shape index (κ2) is 15.8. The van der Waals surface area contributed by atoms with Gasteiger partial charge in [0.25, 0.3) is 0 Å². The lowest BCUT2D eigenvalue weighted by Gasteiger charge is -2.25. The molecule has 2 fully saturated rings. The van der Waals surface area contributed by atoms with Crippen LogP contribution in [0.3, 0.4) is 0 Å². The number of esters is 2. The maximum absolute atomic E-state index is 11.7. The van der Waals surface area contributed by atoms with Gasteiger partial charge in [0.2, 0.25) is 0 Å². The smallest absolute Gasteiger partial charge is 0.324 e. The summed E-state index contributed by atoms with van der Waals surface area (Å²) in [5.41, 5.74) is 4.61. The summed E-state index contributed by atoms with van der Waals surface area (Å²) in [6, 6.07) is 16.2. The van der Waals surface area contributed by atoms with Gasteiger partial charge in [-0.15, -0.1) is 0 Å². The first-order chi connectivity index (χ1) is 17.0. The van der Waals surface area contributed by atoms with Gasteiger partial charge in [-0.25, -0.2) is 0 Å². The maximum atomic E-state index is 11.7. The molecule has 2 heterocycles. The molecule has 2 aliphatic heterocycles. The first-order valence-corrected chi connectivity index (χ1v) is 13.1. The number of alkyl halides is 1. The van der Waals surface area contributed by atoms with Crippen molar-refractivity contribution in [3.63, 3.8) is 0 Å². The molecular formula is C29H39BrO6. The first-order valence-electron chi connectivity index (χ1n) is 12.2. The summed E-state index contributed by atoms with van der Waals surface area (Å²) in [4.78, 5) is 22.6. The molecule has 2 aromatic rings. The average Bonchev–Trinajstić information content (AvgIpc) is 2.93. The normalized spacial score (nSPS) is 17.1. The van der Waals surface area contributed by atoms with Gasteiger partial charge >= 0.3 is 11.9 Å². The Bertz CT molecular complexity index is 950. The first kappa shape index (κ1) is 30.0. The van der Waals surface area contributed by atoms with E-state index in [2.05, 4.69) is 28.1 Å². The standard InChI is InChI=1S/C14H17BrO3.C14H18O3.CH4/c1-17-14(16)13(15)12-5-3-2-4-11(12)10-6-8-18-9-7-10;1-16-14(15)10-12-4-2-3-5-13(12)11-6-8-17-9-7-11;/h2-5,10,13H,6-9H2,1H3;2-5,11H,6-10H2,1H3;1H4. The highest BCUT2D eigenvalue weighted by Crippen LogP contribution is 2.35. The van der Waals surface area contributed by atoms with Crippen molar-refractivity contribution in [1.82, 2.24) is 0 Å². The third-order valence-corrected chi connectivity index (χ3v) is 7.48. The highest BCUT2D eigenvalue weighted by atomic mass is 79.9. The van der Waals surface area contributed by atoms with Crippen molar-refractivity contribution < 1.29 is 28.5 Å². The van der Waals surface area contributed by atoms with E-state index in [1.807, 2.05) is 36.4 Å². The Balaban J connectivity index is 0.000000247. The van der Waals surface area contributed by atoms with Gasteiger partial charge in [-0.05, 0) is 59.8 Å². The molecular weight excluding hydrogens is 524 g/mol. The molecule has 2 aliphatic rings. The summed E-state index contributed by atoms with van der Waals surface area (Å²) in [5, 5.41) is 0. The summed E-state index contributed by atoms with van der Waals surface area (Å²) in [6.07, 6.45) is 4.47. The molecule has 7 heteroatoms. The fourth-order valence-electron chi connectivity index (χ4n) is 4.68. The topological polar surface area (TPSA) is 71.1 Å². The van der Waals surface area contributed by atoms with Crippen molar-refractivity contribution in [1.29, 1.82) is 0 Å². The van der Waals surface area contributed by atoms with Crippen LogP contribution in [0.25, 0.3) is 0 Å². The minimum Gasteiger partial charge on any atom is -0.469 e. The zero-order valence-electron chi connectivity index (χ0n) is 20.5. The number of hydrogen-bond acceptors (Lipinski definition) is 6. The Kier molecular flexibility index (Phi) is 13.2. The number of halogens is 1. The van der Waals surface area contributed by atoms with Gasteiger partial charge in [0.1, 0.15) is 4.83 Å². The monoisotopic (exact) mass is 562 g/mol. The Morgan fingerprint density at radius 3 is 1.89 bits per heavy atom. The van der Waals surface area contributed by atoms with E-state index < -0.39 is 0 Å². The van der Waals surface area contributed by atoms with E-state index in [9.17, 15) is 9.59 Å². The van der Waals surface area contributed by atoms with Crippen molar-refractivity contribution in [2.24, 2.45) is 0 Å². The van der Waals surface area contributed by atoms with Crippen LogP contribution >= 0.6 is 15.9 Å². The minimum absolute atomic E-state index is 0. The summed E-state index contributed by atoms with van der Waals surface area (Å²) in [7, 11) is 2.84. The molecule has 0 aliphatic carbocycles. The zero-order chi connectivity index (χ0) is 25.0. The number of carbonyl (C=O) groups excluding carboxylic acids is 2. The van der Waals surface area contributed by atoms with Crippen LogP contribution in [-0.4, -0.2) is 52.6 Å². The van der Waals surface area contributed by atoms with Crippen LogP contribution in [0.1, 0.15) is 72.0 Å². The summed E-state index contributed by atoms with van der Waals surface area (Å²) in [6.45, 7) is 3.23. The molecule has 6 nitrogen and oxygen atoms in total. The number of hydrogen-bond donors (Lipinski definition) is 0. The second-order valence-electron chi connectivity index (χ2n) is 8.74. The molecule has 0 amide bonds. The molecule has 0 aromatic heterocycles. The van der Waals surface area contributed by atoms with Gasteiger partial charge in [-0.2, -0.15) is 0 Å². The molecule has 2 aromatic carbocycles. The van der Waals surface area contributed by atoms with E-state index in [0.29, 0.717) is 18.3 Å². The van der Waals surface area contributed by atoms with Gasteiger partial charge in [0.15, 0.2) is 0 Å². The highest BCUT2D eigenvalue weighted by Gasteiger charge is 2.25. The molecule has 0 spiro atoms. The van der Waals surface area contributed by atoms with Crippen LogP contribution in [0.2, 0.25) is 0 Å². The molecule has 0 saturated carbocycles. The summed E-state index contributed by atoms with van der Waals surface area (Å²) >= 11 is 3.42. The van der Waals surface area contributed by atoms with E-state index >= 15 is 0 Å². The SMILES string of the molecule is C.COC(=O)C(Br)c1ccccc1C1CCOCC1.COC(=O)Cc1ccccc1C1CCOCC1. The van der Waals surface area contributed by atoms with Crippen LogP contribution in [0, 0.1) is 0 Å². The maximum Gasteiger partial charge on any atom is 0.324 e. The van der Waals surface area contributed by atoms with Gasteiger partial charge < -0.3 is 18.9 Å². The molecule has 4 rings (SSSR count). The Hall–Kier alpha value is -2.22. The van der Waals surface area contributed by atoms with Crippen molar-refractivity contribution in [3.05, 3.63) is 70.8 Å². The van der Waals surface area contributed by atoms with Gasteiger partial charge in [0.05, 0.1) is 20.6 Å². The molecule has 36 heavy (non-hydrogen) atoms. The van der Waals surface area contributed by atoms with E-state index in [1.54, 1.807) is 0 Å². The largest absolute Gasteiger partial charge is 0.469 e. The lowest BCUT2D eigenvalue weighted by atomic mass is 9.87. The van der Waals surface area contributed by atoms with Crippen LogP contribution < -0.4 is 0 Å². The average molecular weight is 564 g/mol. The Morgan fingerprint density at radius 2 is 1.33 bits per heavy atom. The predicted molar refractivity (Wildman–Crippen MR) is 145 cm³/mol. The molecule has 1 atom stereocenters. The van der Waals surface area contributed by atoms with Gasteiger partial charge in [-0.1, -0.05) is 71.9 Å². The molecule has 198 valence electrons. The quantitative estimate of drug-likeness (QED) is 0.312. The van der Waals surface area contributed by atoms with E-state index in [4.69, 9.17) is 18.9 Å². The van der Waals surface area contributed by atoms with Crippen LogP contribution in [-0.2, 0) is 35.0 Å². The number of carbonyl (C=O) groups is 2. The third kappa shape index (κ3) is 8.43. The lowest BCUT2D eigenvalue weighted by Crippen LogP contribution is -2.17. The van der Waals surface area contributed by atoms with Crippen LogP contribution in [0.5, 0.6) is 0 Å². The van der Waals surface area contributed by atoms with Crippen molar-refractivity contribution in [2.45, 2.75) is 56.2 Å². The van der Waals surface area contributed by atoms with E-state index in [0.717, 1.165) is 63.2 Å². The third-order valence-electron chi connectivity index (χ3n) is 6.62. The number of rotatable bonds is 6. The summed E-state index contributed by atoms with van der Waals surface area (Å²) < 4.78 is 20.3. The summed E-state index contributed by atoms with van der Waals surface area (Å²) in [5.74, 6) is 0.559. The van der Waals surface area contributed by atoms with Crippen LogP contribution in [0.4, 0.5) is 0 Å². The number of ether oxygens (including phenoxy) is 4. The van der Waals surface area contributed by atoms with E-state index in [1.165, 1.54) is 25.3 Å². The van der Waals surface area contributed by atoms with Crippen LogP contribution in [0.15, 0.2) is 48.5 Å². The molecule has 1 unspecified atom stereocenters. The molecule has 0 radical (unpaired) electrons. The van der Waals surface area contributed by atoms with Gasteiger partial charge in [0, 0.05) is 26.4 Å².